The number of esters is 2. The van der Waals surface area contributed by atoms with Crippen LogP contribution in [0.2, 0.25) is 0 Å². The highest BCUT2D eigenvalue weighted by Crippen LogP contribution is 2.47. The van der Waals surface area contributed by atoms with Crippen LogP contribution in [-0.4, -0.2) is 98.3 Å². The van der Waals surface area contributed by atoms with Gasteiger partial charge in [-0.3, -0.25) is 18.6 Å². The summed E-state index contributed by atoms with van der Waals surface area (Å²) >= 11 is 0. The van der Waals surface area contributed by atoms with Gasteiger partial charge in [-0.15, -0.1) is 0 Å². The van der Waals surface area contributed by atoms with Gasteiger partial charge in [-0.05, 0) is 38.5 Å². The van der Waals surface area contributed by atoms with Crippen LogP contribution in [0.3, 0.4) is 0 Å². The first-order chi connectivity index (χ1) is 27.4. The molecule has 1 rings (SSSR count). The molecule has 0 aromatic carbocycles. The molecule has 0 radical (unpaired) electrons. The van der Waals surface area contributed by atoms with Crippen molar-refractivity contribution in [2.45, 2.75) is 224 Å². The van der Waals surface area contributed by atoms with Gasteiger partial charge in [-0.1, -0.05) is 154 Å². The van der Waals surface area contributed by atoms with Crippen molar-refractivity contribution >= 4 is 19.8 Å². The zero-order valence-electron chi connectivity index (χ0n) is 35.1. The molecule has 0 heterocycles. The van der Waals surface area contributed by atoms with E-state index in [1.165, 1.54) is 77.0 Å². The average molecular weight is 835 g/mol. The van der Waals surface area contributed by atoms with Crippen LogP contribution in [-0.2, 0) is 32.7 Å². The number of carbonyl (C=O) groups is 2. The Bertz CT molecular complexity index is 1100. The molecule has 1 fully saturated rings. The highest BCUT2D eigenvalue weighted by Gasteiger charge is 2.51. The Hall–Kier alpha value is -1.67. The maximum atomic E-state index is 12.8. The summed E-state index contributed by atoms with van der Waals surface area (Å²) in [4.78, 5) is 35.6. The van der Waals surface area contributed by atoms with Crippen LogP contribution in [0.5, 0.6) is 0 Å². The van der Waals surface area contributed by atoms with Gasteiger partial charge in [0.2, 0.25) is 0 Å². The monoisotopic (exact) mass is 835 g/mol. The molecule has 1 aliphatic carbocycles. The zero-order valence-corrected chi connectivity index (χ0v) is 36.0. The fraction of sp³-hybridized carbons (Fsp3) is 0.860. The number of carbonyl (C=O) groups excluding carboxylic acids is 2. The molecular formula is C43H79O13P. The standard InChI is InChI=1S/C43H79O13P/c1-3-5-7-9-11-13-15-17-19-21-23-25-27-29-31-36(44)53-33-35(34-54-57(51,52)56-43-41(49)39(47)38(46)40(48)42(43)50)55-37(45)32-30-28-26-24-22-20-18-16-14-12-10-8-6-4-2/h10,12,16,18,35,38-43,46-50H,3-9,11,13-15,17,19-34H2,1-2H3,(H,51,52)/b12-10+,18-16+/t35-,38?,39-,40?,41?,42?,43?/m1/s1. The topological polar surface area (TPSA) is 210 Å². The van der Waals surface area contributed by atoms with Crippen LogP contribution in [0, 0.1) is 0 Å². The minimum absolute atomic E-state index is 0.0829. The molecule has 57 heavy (non-hydrogen) atoms. The lowest BCUT2D eigenvalue weighted by Crippen LogP contribution is -2.64. The smallest absolute Gasteiger partial charge is 0.462 e. The van der Waals surface area contributed by atoms with Crippen molar-refractivity contribution in [3.05, 3.63) is 24.3 Å². The minimum atomic E-state index is -5.11. The van der Waals surface area contributed by atoms with Gasteiger partial charge < -0.3 is 39.9 Å². The molecule has 14 heteroatoms. The normalized spacial score (nSPS) is 22.9. The molecule has 0 saturated heterocycles. The SMILES string of the molecule is CCCC/C=C/C/C=C/CCCCCCCC(=O)O[C@H](COC(=O)CCCCCCCCCCCCCCCC)COP(=O)(O)OC1C(O)C(O)C(O)[C@@H](O)C1O. The Morgan fingerprint density at radius 1 is 0.544 bits per heavy atom. The third kappa shape index (κ3) is 26.9. The Morgan fingerprint density at radius 3 is 1.47 bits per heavy atom. The highest BCUT2D eigenvalue weighted by atomic mass is 31.2. The molecule has 13 nitrogen and oxygen atoms in total. The first kappa shape index (κ1) is 53.3. The van der Waals surface area contributed by atoms with E-state index in [2.05, 4.69) is 38.2 Å². The van der Waals surface area contributed by atoms with Gasteiger partial charge in [0.05, 0.1) is 6.61 Å². The van der Waals surface area contributed by atoms with Crippen molar-refractivity contribution in [3.63, 3.8) is 0 Å². The molecule has 6 unspecified atom stereocenters. The fourth-order valence-electron chi connectivity index (χ4n) is 6.66. The second-order valence-electron chi connectivity index (χ2n) is 15.6. The number of phosphoric ester groups is 1. The summed E-state index contributed by atoms with van der Waals surface area (Å²) in [7, 11) is -5.11. The Kier molecular flexibility index (Phi) is 31.9. The van der Waals surface area contributed by atoms with Crippen molar-refractivity contribution in [1.29, 1.82) is 0 Å². The van der Waals surface area contributed by atoms with Crippen molar-refractivity contribution in [3.8, 4) is 0 Å². The number of hydrogen-bond acceptors (Lipinski definition) is 12. The van der Waals surface area contributed by atoms with E-state index in [4.69, 9.17) is 18.5 Å². The second kappa shape index (κ2) is 34.1. The number of ether oxygens (including phenoxy) is 2. The maximum Gasteiger partial charge on any atom is 0.472 e. The van der Waals surface area contributed by atoms with Crippen molar-refractivity contribution in [2.75, 3.05) is 13.2 Å². The predicted molar refractivity (Wildman–Crippen MR) is 221 cm³/mol. The molecule has 8 atom stereocenters. The third-order valence-corrected chi connectivity index (χ3v) is 11.3. The molecule has 334 valence electrons. The molecule has 0 aromatic rings. The van der Waals surface area contributed by atoms with E-state index in [-0.39, 0.29) is 12.8 Å². The number of allylic oxidation sites excluding steroid dienone is 4. The Labute approximate surface area is 343 Å². The van der Waals surface area contributed by atoms with Crippen LogP contribution in [0.25, 0.3) is 0 Å². The van der Waals surface area contributed by atoms with E-state index in [1.54, 1.807) is 0 Å². The van der Waals surface area contributed by atoms with Gasteiger partial charge in [0, 0.05) is 12.8 Å². The van der Waals surface area contributed by atoms with Crippen LogP contribution >= 0.6 is 7.82 Å². The first-order valence-electron chi connectivity index (χ1n) is 22.1. The molecule has 0 spiro atoms. The van der Waals surface area contributed by atoms with E-state index in [9.17, 15) is 44.6 Å². The van der Waals surface area contributed by atoms with E-state index >= 15 is 0 Å². The van der Waals surface area contributed by atoms with Gasteiger partial charge in [-0.25, -0.2) is 4.57 Å². The van der Waals surface area contributed by atoms with Gasteiger partial charge in [-0.2, -0.15) is 0 Å². The molecule has 6 N–H and O–H groups in total. The predicted octanol–water partition coefficient (Wildman–Crippen LogP) is 8.06. The van der Waals surface area contributed by atoms with E-state index in [0.717, 1.165) is 64.2 Å². The van der Waals surface area contributed by atoms with Gasteiger partial charge in [0.1, 0.15) is 43.2 Å². The maximum absolute atomic E-state index is 12.8. The first-order valence-corrected chi connectivity index (χ1v) is 23.6. The molecule has 0 bridgehead atoms. The highest BCUT2D eigenvalue weighted by molar-refractivity contribution is 7.47. The molecule has 1 aliphatic rings. The quantitative estimate of drug-likeness (QED) is 0.0153. The van der Waals surface area contributed by atoms with E-state index in [1.807, 2.05) is 0 Å². The number of aliphatic hydroxyl groups excluding tert-OH is 5. The zero-order chi connectivity index (χ0) is 42.2. The molecule has 0 aromatic heterocycles. The number of hydrogen-bond donors (Lipinski definition) is 6. The van der Waals surface area contributed by atoms with Crippen LogP contribution in [0.15, 0.2) is 24.3 Å². The summed E-state index contributed by atoms with van der Waals surface area (Å²) in [6.45, 7) is 3.24. The second-order valence-corrected chi connectivity index (χ2v) is 17.0. The van der Waals surface area contributed by atoms with Gasteiger partial charge in [0.25, 0.3) is 0 Å². The summed E-state index contributed by atoms with van der Waals surface area (Å²) in [5.41, 5.74) is 0. The third-order valence-electron chi connectivity index (χ3n) is 10.3. The van der Waals surface area contributed by atoms with Crippen LogP contribution in [0.4, 0.5) is 0 Å². The largest absolute Gasteiger partial charge is 0.472 e. The summed E-state index contributed by atoms with van der Waals surface area (Å²) in [5, 5.41) is 50.1. The fourth-order valence-corrected chi connectivity index (χ4v) is 7.63. The molecule has 0 aliphatic heterocycles. The average Bonchev–Trinajstić information content (AvgIpc) is 3.19. The van der Waals surface area contributed by atoms with Crippen molar-refractivity contribution in [1.82, 2.24) is 0 Å². The van der Waals surface area contributed by atoms with E-state index in [0.29, 0.717) is 12.8 Å². The summed E-state index contributed by atoms with van der Waals surface area (Å²) in [6.07, 6.45) is 22.3. The number of phosphoric acid groups is 1. The summed E-state index contributed by atoms with van der Waals surface area (Å²) in [6, 6.07) is 0. The lowest BCUT2D eigenvalue weighted by atomic mass is 9.85. The number of aliphatic hydroxyl groups is 5. The van der Waals surface area contributed by atoms with Crippen LogP contribution < -0.4 is 0 Å². The van der Waals surface area contributed by atoms with E-state index < -0.39 is 75.7 Å². The lowest BCUT2D eigenvalue weighted by Gasteiger charge is -2.41. The minimum Gasteiger partial charge on any atom is -0.462 e. The molecule has 1 saturated carbocycles. The lowest BCUT2D eigenvalue weighted by molar-refractivity contribution is -0.220. The van der Waals surface area contributed by atoms with Crippen molar-refractivity contribution in [2.24, 2.45) is 0 Å². The van der Waals surface area contributed by atoms with Gasteiger partial charge in [0.15, 0.2) is 6.10 Å². The molecular weight excluding hydrogens is 755 g/mol. The summed E-state index contributed by atoms with van der Waals surface area (Å²) in [5.74, 6) is -1.11. The number of unbranched alkanes of at least 4 members (excludes halogenated alkanes) is 20. The molecule has 0 amide bonds. The van der Waals surface area contributed by atoms with Crippen molar-refractivity contribution < 1.29 is 63.1 Å². The van der Waals surface area contributed by atoms with Crippen LogP contribution in [0.1, 0.15) is 181 Å². The summed E-state index contributed by atoms with van der Waals surface area (Å²) < 4.78 is 33.5. The van der Waals surface area contributed by atoms with Gasteiger partial charge >= 0.3 is 19.8 Å². The Balaban J connectivity index is 2.49. The Morgan fingerprint density at radius 2 is 0.965 bits per heavy atom. The number of rotatable bonds is 36.